The maximum atomic E-state index is 11.3. The van der Waals surface area contributed by atoms with Crippen molar-refractivity contribution in [3.05, 3.63) is 28.2 Å². The summed E-state index contributed by atoms with van der Waals surface area (Å²) in [4.78, 5) is 11.3. The average Bonchev–Trinajstić information content (AvgIpc) is 2.29. The Balaban J connectivity index is 2.78. The highest BCUT2D eigenvalue weighted by atomic mass is 79.9. The van der Waals surface area contributed by atoms with Crippen molar-refractivity contribution >= 4 is 21.8 Å². The molecule has 88 valence electrons. The van der Waals surface area contributed by atoms with E-state index in [9.17, 15) is 4.79 Å². The highest BCUT2D eigenvalue weighted by Crippen LogP contribution is 2.22. The van der Waals surface area contributed by atoms with Crippen LogP contribution in [0.4, 0.5) is 0 Å². The maximum Gasteiger partial charge on any atom is 0.274 e. The van der Waals surface area contributed by atoms with Crippen LogP contribution < -0.4 is 16.0 Å². The second-order valence-electron chi connectivity index (χ2n) is 3.43. The number of ether oxygens (including phenoxy) is 1. The molecule has 5 heteroatoms. The summed E-state index contributed by atoms with van der Waals surface area (Å²) in [5, 5.41) is 0. The van der Waals surface area contributed by atoms with Crippen LogP contribution >= 0.6 is 15.9 Å². The van der Waals surface area contributed by atoms with Crippen molar-refractivity contribution in [1.29, 1.82) is 0 Å². The number of nitrogens with one attached hydrogen (secondary N) is 1. The molecule has 0 saturated heterocycles. The lowest BCUT2D eigenvalue weighted by Crippen LogP contribution is -2.41. The van der Waals surface area contributed by atoms with Crippen LogP contribution in [0.3, 0.4) is 0 Å². The molecule has 1 amide bonds. The number of benzene rings is 1. The third-order valence-corrected chi connectivity index (χ3v) is 3.10. The zero-order chi connectivity index (χ0) is 12.1. The van der Waals surface area contributed by atoms with Gasteiger partial charge >= 0.3 is 0 Å². The molecule has 16 heavy (non-hydrogen) atoms. The standard InChI is InChI=1S/C11H15BrN2O2/c1-3-10(11(15)14-13)16-8-4-5-9(12)7(2)6-8/h4-6,10H,3,13H2,1-2H3,(H,14,15). The summed E-state index contributed by atoms with van der Waals surface area (Å²) in [6.07, 6.45) is 0.0172. The molecule has 0 saturated carbocycles. The van der Waals surface area contributed by atoms with Crippen LogP contribution in [0.2, 0.25) is 0 Å². The highest BCUT2D eigenvalue weighted by molar-refractivity contribution is 9.10. The first-order valence-electron chi connectivity index (χ1n) is 5.01. The van der Waals surface area contributed by atoms with E-state index in [1.807, 2.05) is 32.0 Å². The molecule has 1 aromatic carbocycles. The topological polar surface area (TPSA) is 64.3 Å². The van der Waals surface area contributed by atoms with Crippen LogP contribution in [0.5, 0.6) is 5.75 Å². The summed E-state index contributed by atoms with van der Waals surface area (Å²) < 4.78 is 6.55. The summed E-state index contributed by atoms with van der Waals surface area (Å²) in [6, 6.07) is 5.57. The minimum atomic E-state index is -0.550. The van der Waals surface area contributed by atoms with Crippen molar-refractivity contribution in [3.8, 4) is 5.75 Å². The van der Waals surface area contributed by atoms with E-state index in [2.05, 4.69) is 21.4 Å². The average molecular weight is 287 g/mol. The molecule has 0 heterocycles. The molecule has 1 atom stereocenters. The van der Waals surface area contributed by atoms with Crippen molar-refractivity contribution in [3.63, 3.8) is 0 Å². The van der Waals surface area contributed by atoms with Crippen LogP contribution in [0.1, 0.15) is 18.9 Å². The Bertz CT molecular complexity index is 382. The van der Waals surface area contributed by atoms with E-state index in [0.717, 1.165) is 10.0 Å². The summed E-state index contributed by atoms with van der Waals surface area (Å²) >= 11 is 3.40. The zero-order valence-corrected chi connectivity index (χ0v) is 10.9. The molecule has 0 aromatic heterocycles. The molecule has 4 nitrogen and oxygen atoms in total. The third-order valence-electron chi connectivity index (χ3n) is 2.21. The highest BCUT2D eigenvalue weighted by Gasteiger charge is 2.17. The van der Waals surface area contributed by atoms with Gasteiger partial charge in [-0.25, -0.2) is 5.84 Å². The normalized spacial score (nSPS) is 12.0. The van der Waals surface area contributed by atoms with Crippen molar-refractivity contribution in [2.24, 2.45) is 5.84 Å². The van der Waals surface area contributed by atoms with E-state index < -0.39 is 6.10 Å². The van der Waals surface area contributed by atoms with Crippen LogP contribution in [0, 0.1) is 6.92 Å². The summed E-state index contributed by atoms with van der Waals surface area (Å²) in [7, 11) is 0. The number of halogens is 1. The first kappa shape index (κ1) is 13.0. The van der Waals surface area contributed by atoms with Gasteiger partial charge in [-0.3, -0.25) is 10.2 Å². The van der Waals surface area contributed by atoms with Gasteiger partial charge in [0, 0.05) is 4.47 Å². The van der Waals surface area contributed by atoms with E-state index in [-0.39, 0.29) is 5.91 Å². The van der Waals surface area contributed by atoms with Gasteiger partial charge in [-0.05, 0) is 37.1 Å². The largest absolute Gasteiger partial charge is 0.481 e. The summed E-state index contributed by atoms with van der Waals surface area (Å²) in [5.74, 6) is 5.42. The smallest absolute Gasteiger partial charge is 0.274 e. The molecule has 0 aliphatic carbocycles. The Morgan fingerprint density at radius 1 is 1.62 bits per heavy atom. The number of amides is 1. The predicted molar refractivity (Wildman–Crippen MR) is 65.9 cm³/mol. The van der Waals surface area contributed by atoms with E-state index in [0.29, 0.717) is 12.2 Å². The van der Waals surface area contributed by atoms with E-state index in [4.69, 9.17) is 10.6 Å². The number of hydrogen-bond acceptors (Lipinski definition) is 3. The molecular weight excluding hydrogens is 272 g/mol. The van der Waals surface area contributed by atoms with Gasteiger partial charge in [0.05, 0.1) is 0 Å². The molecule has 0 bridgehead atoms. The number of hydrazine groups is 1. The molecule has 0 aliphatic rings. The number of aryl methyl sites for hydroxylation is 1. The lowest BCUT2D eigenvalue weighted by molar-refractivity contribution is -0.128. The van der Waals surface area contributed by atoms with Gasteiger partial charge in [-0.1, -0.05) is 22.9 Å². The fraction of sp³-hybridized carbons (Fsp3) is 0.364. The van der Waals surface area contributed by atoms with Crippen LogP contribution in [-0.4, -0.2) is 12.0 Å². The van der Waals surface area contributed by atoms with Gasteiger partial charge in [0.1, 0.15) is 5.75 Å². The zero-order valence-electron chi connectivity index (χ0n) is 9.29. The second kappa shape index (κ2) is 5.86. The van der Waals surface area contributed by atoms with E-state index in [1.54, 1.807) is 0 Å². The first-order chi connectivity index (χ1) is 7.58. The van der Waals surface area contributed by atoms with E-state index in [1.165, 1.54) is 0 Å². The number of carbonyl (C=O) groups is 1. The molecule has 0 radical (unpaired) electrons. The van der Waals surface area contributed by atoms with Crippen LogP contribution in [0.25, 0.3) is 0 Å². The van der Waals surface area contributed by atoms with Crippen molar-refractivity contribution in [2.45, 2.75) is 26.4 Å². The van der Waals surface area contributed by atoms with Gasteiger partial charge < -0.3 is 4.74 Å². The summed E-state index contributed by atoms with van der Waals surface area (Å²) in [5.41, 5.74) is 3.15. The Morgan fingerprint density at radius 2 is 2.31 bits per heavy atom. The van der Waals surface area contributed by atoms with Crippen LogP contribution in [-0.2, 0) is 4.79 Å². The van der Waals surface area contributed by atoms with Gasteiger partial charge in [0.15, 0.2) is 6.10 Å². The number of hydrogen-bond donors (Lipinski definition) is 2. The molecule has 3 N–H and O–H groups in total. The Kier molecular flexibility index (Phi) is 4.76. The molecule has 0 spiro atoms. The molecular formula is C11H15BrN2O2. The Hall–Kier alpha value is -1.07. The quantitative estimate of drug-likeness (QED) is 0.505. The molecule has 0 fully saturated rings. The molecule has 1 aromatic rings. The Morgan fingerprint density at radius 3 is 2.81 bits per heavy atom. The van der Waals surface area contributed by atoms with Crippen molar-refractivity contribution < 1.29 is 9.53 Å². The lowest BCUT2D eigenvalue weighted by Gasteiger charge is -2.16. The maximum absolute atomic E-state index is 11.3. The Labute approximate surface area is 103 Å². The first-order valence-corrected chi connectivity index (χ1v) is 5.81. The molecule has 0 aliphatic heterocycles. The number of carbonyl (C=O) groups excluding carboxylic acids is 1. The molecule has 1 unspecified atom stereocenters. The number of rotatable bonds is 4. The second-order valence-corrected chi connectivity index (χ2v) is 4.29. The fourth-order valence-corrected chi connectivity index (χ4v) is 1.52. The van der Waals surface area contributed by atoms with Crippen molar-refractivity contribution in [1.82, 2.24) is 5.43 Å². The fourth-order valence-electron chi connectivity index (χ4n) is 1.27. The minimum Gasteiger partial charge on any atom is -0.481 e. The third kappa shape index (κ3) is 3.21. The van der Waals surface area contributed by atoms with Gasteiger partial charge in [0.25, 0.3) is 5.91 Å². The minimum absolute atomic E-state index is 0.317. The van der Waals surface area contributed by atoms with Gasteiger partial charge in [-0.15, -0.1) is 0 Å². The van der Waals surface area contributed by atoms with Crippen LogP contribution in [0.15, 0.2) is 22.7 Å². The van der Waals surface area contributed by atoms with Crippen molar-refractivity contribution in [2.75, 3.05) is 0 Å². The van der Waals surface area contributed by atoms with Gasteiger partial charge in [-0.2, -0.15) is 0 Å². The monoisotopic (exact) mass is 286 g/mol. The molecule has 1 rings (SSSR count). The predicted octanol–water partition coefficient (Wildman–Crippen LogP) is 1.90. The summed E-state index contributed by atoms with van der Waals surface area (Å²) in [6.45, 7) is 3.83. The lowest BCUT2D eigenvalue weighted by atomic mass is 10.2. The van der Waals surface area contributed by atoms with E-state index >= 15 is 0 Å². The van der Waals surface area contributed by atoms with Gasteiger partial charge in [0.2, 0.25) is 0 Å². The number of nitrogens with two attached hydrogens (primary N) is 1. The SMILES string of the molecule is CCC(Oc1ccc(Br)c(C)c1)C(=O)NN.